The van der Waals surface area contributed by atoms with Crippen LogP contribution >= 0.6 is 0 Å². The van der Waals surface area contributed by atoms with Gasteiger partial charge in [-0.25, -0.2) is 0 Å². The molecule has 1 fully saturated rings. The van der Waals surface area contributed by atoms with Gasteiger partial charge >= 0.3 is 0 Å². The molecule has 1 rings (SSSR count). The molecule has 0 aromatic carbocycles. The number of rotatable bonds is 6. The molecule has 0 radical (unpaired) electrons. The van der Waals surface area contributed by atoms with E-state index in [1.165, 1.54) is 0 Å². The third-order valence-corrected chi connectivity index (χ3v) is 3.00. The van der Waals surface area contributed by atoms with E-state index in [9.17, 15) is 4.79 Å². The zero-order valence-electron chi connectivity index (χ0n) is 9.45. The molecule has 1 saturated carbocycles. The minimum absolute atomic E-state index is 0.175. The molecule has 0 amide bonds. The lowest BCUT2D eigenvalue weighted by Gasteiger charge is -2.33. The second kappa shape index (κ2) is 6.93. The van der Waals surface area contributed by atoms with Gasteiger partial charge in [0.05, 0.1) is 13.2 Å². The summed E-state index contributed by atoms with van der Waals surface area (Å²) in [5, 5.41) is 8.97. The fourth-order valence-electron chi connectivity index (χ4n) is 2.10. The minimum Gasteiger partial charge on any atom is -0.395 e. The van der Waals surface area contributed by atoms with E-state index in [2.05, 4.69) is 4.90 Å². The van der Waals surface area contributed by atoms with Crippen molar-refractivity contribution in [3.8, 4) is 0 Å². The molecule has 0 saturated heterocycles. The number of nitrogens with zero attached hydrogens (tertiary/aromatic N) is 1. The van der Waals surface area contributed by atoms with Gasteiger partial charge in [0, 0.05) is 39.1 Å². The van der Waals surface area contributed by atoms with E-state index in [-0.39, 0.29) is 6.61 Å². The summed E-state index contributed by atoms with van der Waals surface area (Å²) < 4.78 is 5.04. The third-order valence-electron chi connectivity index (χ3n) is 3.00. The number of aliphatic hydroxyl groups excluding tert-OH is 1. The van der Waals surface area contributed by atoms with Crippen molar-refractivity contribution in [2.75, 3.05) is 33.4 Å². The van der Waals surface area contributed by atoms with E-state index < -0.39 is 0 Å². The highest BCUT2D eigenvalue weighted by molar-refractivity contribution is 5.79. The summed E-state index contributed by atoms with van der Waals surface area (Å²) in [5.74, 6) is 0.377. The first-order valence-corrected chi connectivity index (χ1v) is 5.63. The maximum atomic E-state index is 11.1. The van der Waals surface area contributed by atoms with Gasteiger partial charge in [0.2, 0.25) is 0 Å². The molecule has 0 aromatic heterocycles. The maximum absolute atomic E-state index is 11.1. The smallest absolute Gasteiger partial charge is 0.133 e. The van der Waals surface area contributed by atoms with Gasteiger partial charge in [-0.2, -0.15) is 0 Å². The fourth-order valence-corrected chi connectivity index (χ4v) is 2.10. The lowest BCUT2D eigenvalue weighted by molar-refractivity contribution is -0.121. The quantitative estimate of drug-likeness (QED) is 0.698. The van der Waals surface area contributed by atoms with Gasteiger partial charge in [-0.3, -0.25) is 9.69 Å². The van der Waals surface area contributed by atoms with Gasteiger partial charge in [-0.1, -0.05) is 0 Å². The van der Waals surface area contributed by atoms with Crippen molar-refractivity contribution in [1.82, 2.24) is 4.90 Å². The number of aliphatic hydroxyl groups is 1. The number of carbonyl (C=O) groups is 1. The summed E-state index contributed by atoms with van der Waals surface area (Å²) in [4.78, 5) is 13.3. The summed E-state index contributed by atoms with van der Waals surface area (Å²) in [6, 6.07) is 0.449. The summed E-state index contributed by atoms with van der Waals surface area (Å²) in [6.07, 6.45) is 3.25. The normalized spacial score (nSPS) is 18.7. The van der Waals surface area contributed by atoms with Crippen LogP contribution < -0.4 is 0 Å². The zero-order valence-corrected chi connectivity index (χ0v) is 9.45. The predicted molar refractivity (Wildman–Crippen MR) is 57.8 cm³/mol. The van der Waals surface area contributed by atoms with E-state index in [0.717, 1.165) is 19.4 Å². The second-order valence-electron chi connectivity index (χ2n) is 4.02. The van der Waals surface area contributed by atoms with Crippen LogP contribution in [-0.4, -0.2) is 55.2 Å². The van der Waals surface area contributed by atoms with Gasteiger partial charge in [0.25, 0.3) is 0 Å². The van der Waals surface area contributed by atoms with Crippen LogP contribution in [-0.2, 0) is 9.53 Å². The lowest BCUT2D eigenvalue weighted by atomic mass is 9.93. The highest BCUT2D eigenvalue weighted by Gasteiger charge is 2.23. The number of ether oxygens (including phenoxy) is 1. The van der Waals surface area contributed by atoms with Gasteiger partial charge in [-0.05, 0) is 12.8 Å². The van der Waals surface area contributed by atoms with Gasteiger partial charge in [0.15, 0.2) is 0 Å². The average Bonchev–Trinajstić information content (AvgIpc) is 2.25. The van der Waals surface area contributed by atoms with E-state index in [0.29, 0.717) is 37.8 Å². The molecular weight excluding hydrogens is 194 g/mol. The Labute approximate surface area is 91.2 Å². The SMILES string of the molecule is COCCN(CCO)C1CCC(=O)CC1. The molecule has 15 heavy (non-hydrogen) atoms. The monoisotopic (exact) mass is 215 g/mol. The number of Topliss-reactive ketones (excluding diaryl/α,β-unsaturated/α-hetero) is 1. The van der Waals surface area contributed by atoms with Gasteiger partial charge in [-0.15, -0.1) is 0 Å². The molecule has 4 nitrogen and oxygen atoms in total. The Hall–Kier alpha value is -0.450. The van der Waals surface area contributed by atoms with Crippen molar-refractivity contribution in [1.29, 1.82) is 0 Å². The molecule has 0 unspecified atom stereocenters. The molecule has 1 aliphatic carbocycles. The van der Waals surface area contributed by atoms with Crippen LogP contribution in [0, 0.1) is 0 Å². The molecule has 0 aromatic rings. The van der Waals surface area contributed by atoms with Crippen molar-refractivity contribution in [3.05, 3.63) is 0 Å². The standard InChI is InChI=1S/C11H21NO3/c1-15-9-7-12(6-8-13)10-2-4-11(14)5-3-10/h10,13H,2-9H2,1H3. The Kier molecular flexibility index (Phi) is 5.83. The largest absolute Gasteiger partial charge is 0.395 e. The molecular formula is C11H21NO3. The Bertz CT molecular complexity index is 186. The Morgan fingerprint density at radius 3 is 2.60 bits per heavy atom. The molecule has 0 aliphatic heterocycles. The molecule has 88 valence electrons. The van der Waals surface area contributed by atoms with Crippen molar-refractivity contribution < 1.29 is 14.6 Å². The second-order valence-corrected chi connectivity index (χ2v) is 4.02. The minimum atomic E-state index is 0.175. The molecule has 1 N–H and O–H groups in total. The number of hydrogen-bond acceptors (Lipinski definition) is 4. The van der Waals surface area contributed by atoms with Gasteiger partial charge < -0.3 is 9.84 Å². The maximum Gasteiger partial charge on any atom is 0.133 e. The number of methoxy groups -OCH3 is 1. The van der Waals surface area contributed by atoms with E-state index in [1.54, 1.807) is 7.11 Å². The van der Waals surface area contributed by atoms with Crippen LogP contribution in [0.15, 0.2) is 0 Å². The molecule has 4 heteroatoms. The van der Waals surface area contributed by atoms with Crippen molar-refractivity contribution >= 4 is 5.78 Å². The topological polar surface area (TPSA) is 49.8 Å². The van der Waals surface area contributed by atoms with E-state index >= 15 is 0 Å². The Morgan fingerprint density at radius 2 is 2.07 bits per heavy atom. The first kappa shape index (κ1) is 12.6. The van der Waals surface area contributed by atoms with Crippen LogP contribution in [0.2, 0.25) is 0 Å². The molecule has 1 aliphatic rings. The lowest BCUT2D eigenvalue weighted by Crippen LogP contribution is -2.41. The van der Waals surface area contributed by atoms with Crippen LogP contribution in [0.25, 0.3) is 0 Å². The number of carbonyl (C=O) groups excluding carboxylic acids is 1. The van der Waals surface area contributed by atoms with Crippen LogP contribution in [0.1, 0.15) is 25.7 Å². The van der Waals surface area contributed by atoms with Crippen molar-refractivity contribution in [2.24, 2.45) is 0 Å². The third kappa shape index (κ3) is 4.28. The molecule has 0 bridgehead atoms. The summed E-state index contributed by atoms with van der Waals surface area (Å²) in [7, 11) is 1.68. The zero-order chi connectivity index (χ0) is 11.1. The summed E-state index contributed by atoms with van der Waals surface area (Å²) in [5.41, 5.74) is 0. The van der Waals surface area contributed by atoms with Crippen molar-refractivity contribution in [2.45, 2.75) is 31.7 Å². The van der Waals surface area contributed by atoms with E-state index in [1.807, 2.05) is 0 Å². The summed E-state index contributed by atoms with van der Waals surface area (Å²) in [6.45, 7) is 2.39. The van der Waals surface area contributed by atoms with Gasteiger partial charge in [0.1, 0.15) is 5.78 Å². The van der Waals surface area contributed by atoms with Crippen LogP contribution in [0.5, 0.6) is 0 Å². The Balaban J connectivity index is 2.36. The predicted octanol–water partition coefficient (Wildman–Crippen LogP) is 0.439. The van der Waals surface area contributed by atoms with Crippen LogP contribution in [0.3, 0.4) is 0 Å². The first-order chi connectivity index (χ1) is 7.27. The molecule has 0 heterocycles. The van der Waals surface area contributed by atoms with E-state index in [4.69, 9.17) is 9.84 Å². The number of hydrogen-bond donors (Lipinski definition) is 1. The highest BCUT2D eigenvalue weighted by atomic mass is 16.5. The molecule has 0 spiro atoms. The highest BCUT2D eigenvalue weighted by Crippen LogP contribution is 2.20. The number of ketones is 1. The van der Waals surface area contributed by atoms with Crippen molar-refractivity contribution in [3.63, 3.8) is 0 Å². The first-order valence-electron chi connectivity index (χ1n) is 5.63. The average molecular weight is 215 g/mol. The van der Waals surface area contributed by atoms with Crippen LogP contribution in [0.4, 0.5) is 0 Å². The fraction of sp³-hybridized carbons (Fsp3) is 0.909. The molecule has 0 atom stereocenters. The Morgan fingerprint density at radius 1 is 1.40 bits per heavy atom. The summed E-state index contributed by atoms with van der Waals surface area (Å²) >= 11 is 0.